The predicted octanol–water partition coefficient (Wildman–Crippen LogP) is 1.43. The highest BCUT2D eigenvalue weighted by molar-refractivity contribution is 9.10. The summed E-state index contributed by atoms with van der Waals surface area (Å²) in [6.45, 7) is 7.01. The molecular formula is C18H23BrN2O4. The number of ether oxygens (including phenoxy) is 3. The topological polar surface area (TPSA) is 51.2 Å². The van der Waals surface area contributed by atoms with E-state index in [4.69, 9.17) is 14.2 Å². The molecule has 4 rings (SSSR count). The summed E-state index contributed by atoms with van der Waals surface area (Å²) in [5.41, 5.74) is 0.00919. The Morgan fingerprint density at radius 1 is 1.04 bits per heavy atom. The first kappa shape index (κ1) is 17.4. The zero-order valence-corrected chi connectivity index (χ0v) is 15.8. The Hall–Kier alpha value is -0.990. The number of ketones is 1. The van der Waals surface area contributed by atoms with Gasteiger partial charge in [-0.1, -0.05) is 15.9 Å². The van der Waals surface area contributed by atoms with E-state index in [1.807, 2.05) is 18.2 Å². The maximum absolute atomic E-state index is 13.6. The van der Waals surface area contributed by atoms with Gasteiger partial charge in [-0.05, 0) is 18.2 Å². The van der Waals surface area contributed by atoms with Crippen molar-refractivity contribution in [3.05, 3.63) is 28.2 Å². The van der Waals surface area contributed by atoms with Gasteiger partial charge in [-0.25, -0.2) is 0 Å². The number of rotatable bonds is 3. The second kappa shape index (κ2) is 7.32. The van der Waals surface area contributed by atoms with Crippen molar-refractivity contribution in [1.82, 2.24) is 9.80 Å². The van der Waals surface area contributed by atoms with E-state index in [9.17, 15) is 4.79 Å². The Kier molecular flexibility index (Phi) is 5.11. The molecule has 7 heteroatoms. The molecule has 1 aromatic rings. The Balaban J connectivity index is 1.68. The first-order valence-electron chi connectivity index (χ1n) is 8.79. The summed E-state index contributed by atoms with van der Waals surface area (Å²) in [4.78, 5) is 18.2. The van der Waals surface area contributed by atoms with Gasteiger partial charge < -0.3 is 14.2 Å². The lowest BCUT2D eigenvalue weighted by Gasteiger charge is -2.48. The molecule has 0 bridgehead atoms. The van der Waals surface area contributed by atoms with Crippen LogP contribution < -0.4 is 4.74 Å². The van der Waals surface area contributed by atoms with Crippen LogP contribution in [0.25, 0.3) is 0 Å². The number of halogens is 1. The number of fused-ring (bicyclic) bond motifs is 1. The zero-order valence-electron chi connectivity index (χ0n) is 14.2. The molecule has 2 fully saturated rings. The van der Waals surface area contributed by atoms with Crippen molar-refractivity contribution in [3.8, 4) is 5.75 Å². The van der Waals surface area contributed by atoms with Gasteiger partial charge in [0.2, 0.25) is 0 Å². The van der Waals surface area contributed by atoms with Crippen LogP contribution in [0.1, 0.15) is 10.4 Å². The number of carbonyl (C=O) groups is 1. The fourth-order valence-electron chi connectivity index (χ4n) is 3.89. The lowest BCUT2D eigenvalue weighted by molar-refractivity contribution is -0.0546. The van der Waals surface area contributed by atoms with Crippen molar-refractivity contribution in [2.24, 2.45) is 0 Å². The normalized spacial score (nSPS) is 28.4. The Labute approximate surface area is 156 Å². The molecule has 136 valence electrons. The Morgan fingerprint density at radius 2 is 1.72 bits per heavy atom. The van der Waals surface area contributed by atoms with Crippen molar-refractivity contribution in [3.63, 3.8) is 0 Å². The molecule has 3 aliphatic rings. The molecule has 6 nitrogen and oxygen atoms in total. The van der Waals surface area contributed by atoms with E-state index >= 15 is 0 Å². The second-order valence-corrected chi connectivity index (χ2v) is 7.69. The fraction of sp³-hybridized carbons (Fsp3) is 0.611. The molecule has 0 amide bonds. The number of Topliss-reactive ketones (excluding diaryl/α,β-unsaturated/α-hetero) is 1. The molecule has 0 radical (unpaired) electrons. The third-order valence-corrected chi connectivity index (χ3v) is 5.77. The molecule has 1 aromatic carbocycles. The summed E-state index contributed by atoms with van der Waals surface area (Å²) in [5.74, 6) is 0.836. The first-order chi connectivity index (χ1) is 12.2. The quantitative estimate of drug-likeness (QED) is 0.750. The van der Waals surface area contributed by atoms with E-state index in [-0.39, 0.29) is 5.78 Å². The lowest BCUT2D eigenvalue weighted by atomic mass is 9.84. The third kappa shape index (κ3) is 3.36. The average Bonchev–Trinajstić information content (AvgIpc) is 2.66. The van der Waals surface area contributed by atoms with Crippen LogP contribution in [0.2, 0.25) is 0 Å². The van der Waals surface area contributed by atoms with Gasteiger partial charge in [0.15, 0.2) is 5.78 Å². The van der Waals surface area contributed by atoms with Crippen molar-refractivity contribution < 1.29 is 19.0 Å². The molecule has 0 aromatic heterocycles. The van der Waals surface area contributed by atoms with E-state index in [0.29, 0.717) is 37.7 Å². The van der Waals surface area contributed by atoms with Crippen molar-refractivity contribution in [2.45, 2.75) is 5.54 Å². The smallest absolute Gasteiger partial charge is 0.191 e. The minimum atomic E-state index is -0.658. The van der Waals surface area contributed by atoms with Crippen LogP contribution in [-0.4, -0.2) is 86.9 Å². The zero-order chi connectivity index (χ0) is 17.3. The summed E-state index contributed by atoms with van der Waals surface area (Å²) in [6.07, 6.45) is 0. The van der Waals surface area contributed by atoms with Gasteiger partial charge in [0.25, 0.3) is 0 Å². The number of morpholine rings is 2. The monoisotopic (exact) mass is 410 g/mol. The number of benzene rings is 1. The second-order valence-electron chi connectivity index (χ2n) is 6.78. The molecule has 3 aliphatic heterocycles. The van der Waals surface area contributed by atoms with Gasteiger partial charge in [0.05, 0.1) is 32.0 Å². The fourth-order valence-corrected chi connectivity index (χ4v) is 4.25. The van der Waals surface area contributed by atoms with Gasteiger partial charge in [0, 0.05) is 37.2 Å². The molecule has 0 N–H and O–H groups in total. The highest BCUT2D eigenvalue weighted by Gasteiger charge is 2.50. The van der Waals surface area contributed by atoms with Gasteiger partial charge in [-0.2, -0.15) is 0 Å². The summed E-state index contributed by atoms with van der Waals surface area (Å²) in [7, 11) is 0. The Bertz CT molecular complexity index is 644. The molecule has 0 spiro atoms. The van der Waals surface area contributed by atoms with Crippen LogP contribution >= 0.6 is 15.9 Å². The largest absolute Gasteiger partial charge is 0.490 e. The van der Waals surface area contributed by atoms with Crippen LogP contribution in [-0.2, 0) is 9.47 Å². The Morgan fingerprint density at radius 3 is 2.44 bits per heavy atom. The number of nitrogens with zero attached hydrogens (tertiary/aromatic N) is 2. The van der Waals surface area contributed by atoms with Crippen LogP contribution in [0.4, 0.5) is 0 Å². The van der Waals surface area contributed by atoms with E-state index in [1.54, 1.807) is 0 Å². The first-order valence-corrected chi connectivity index (χ1v) is 9.58. The number of hydrogen-bond acceptors (Lipinski definition) is 6. The molecule has 2 saturated heterocycles. The minimum Gasteiger partial charge on any atom is -0.490 e. The van der Waals surface area contributed by atoms with Gasteiger partial charge in [-0.15, -0.1) is 0 Å². The van der Waals surface area contributed by atoms with Crippen LogP contribution in [0.15, 0.2) is 22.7 Å². The lowest BCUT2D eigenvalue weighted by Crippen LogP contribution is -2.68. The molecular weight excluding hydrogens is 388 g/mol. The van der Waals surface area contributed by atoms with Crippen molar-refractivity contribution in [2.75, 3.05) is 65.8 Å². The molecule has 0 unspecified atom stereocenters. The molecule has 3 heterocycles. The van der Waals surface area contributed by atoms with Crippen LogP contribution in [0.5, 0.6) is 5.75 Å². The highest BCUT2D eigenvalue weighted by Crippen LogP contribution is 2.35. The standard InChI is InChI=1S/C18H23BrN2O4/c19-14-1-2-16-15(11-14)17(22)18(13-25-16,21-5-9-24-10-6-21)12-20-3-7-23-8-4-20/h1-2,11H,3-10,12-13H2/t18-/m1/s1. The van der Waals surface area contributed by atoms with Crippen LogP contribution in [0.3, 0.4) is 0 Å². The summed E-state index contributed by atoms with van der Waals surface area (Å²) < 4.78 is 18.0. The summed E-state index contributed by atoms with van der Waals surface area (Å²) in [5, 5.41) is 0. The van der Waals surface area contributed by atoms with Crippen molar-refractivity contribution >= 4 is 21.7 Å². The van der Waals surface area contributed by atoms with Gasteiger partial charge in [0.1, 0.15) is 17.9 Å². The molecule has 0 aliphatic carbocycles. The number of carbonyl (C=O) groups excluding carboxylic acids is 1. The number of hydrogen-bond donors (Lipinski definition) is 0. The van der Waals surface area contributed by atoms with E-state index in [2.05, 4.69) is 25.7 Å². The SMILES string of the molecule is O=C1c2cc(Br)ccc2OC[C@@]1(CN1CCOCC1)N1CCOCC1. The van der Waals surface area contributed by atoms with Crippen LogP contribution in [0, 0.1) is 0 Å². The molecule has 25 heavy (non-hydrogen) atoms. The minimum absolute atomic E-state index is 0.156. The van der Waals surface area contributed by atoms with Crippen molar-refractivity contribution in [1.29, 1.82) is 0 Å². The van der Waals surface area contributed by atoms with Gasteiger partial charge >= 0.3 is 0 Å². The average molecular weight is 411 g/mol. The third-order valence-electron chi connectivity index (χ3n) is 5.28. The molecule has 1 atom stereocenters. The predicted molar refractivity (Wildman–Crippen MR) is 96.3 cm³/mol. The molecule has 0 saturated carbocycles. The maximum Gasteiger partial charge on any atom is 0.191 e. The maximum atomic E-state index is 13.6. The van der Waals surface area contributed by atoms with E-state index in [0.717, 1.165) is 43.9 Å². The summed E-state index contributed by atoms with van der Waals surface area (Å²) in [6, 6.07) is 5.66. The summed E-state index contributed by atoms with van der Waals surface area (Å²) >= 11 is 3.48. The van der Waals surface area contributed by atoms with E-state index < -0.39 is 5.54 Å². The van der Waals surface area contributed by atoms with Gasteiger partial charge in [-0.3, -0.25) is 14.6 Å². The van der Waals surface area contributed by atoms with E-state index in [1.165, 1.54) is 0 Å². The highest BCUT2D eigenvalue weighted by atomic mass is 79.9.